The van der Waals surface area contributed by atoms with Gasteiger partial charge in [-0.1, -0.05) is 30.4 Å². The van der Waals surface area contributed by atoms with E-state index in [4.69, 9.17) is 25.1 Å². The van der Waals surface area contributed by atoms with Crippen LogP contribution in [0.3, 0.4) is 0 Å². The van der Waals surface area contributed by atoms with E-state index in [1.54, 1.807) is 42.5 Å². The van der Waals surface area contributed by atoms with Gasteiger partial charge in [-0.05, 0) is 43.2 Å². The van der Waals surface area contributed by atoms with Crippen LogP contribution in [0.5, 0.6) is 11.5 Å². The number of nitrogen functional groups attached to an aromatic ring is 1. The Kier molecular flexibility index (Phi) is 5.88. The summed E-state index contributed by atoms with van der Waals surface area (Å²) >= 11 is 0. The molecule has 0 aliphatic carbocycles. The van der Waals surface area contributed by atoms with E-state index < -0.39 is 17.7 Å². The smallest absolute Gasteiger partial charge is 0.411 e. The molecule has 0 radical (unpaired) electrons. The van der Waals surface area contributed by atoms with Crippen molar-refractivity contribution in [1.29, 1.82) is 0 Å². The maximum atomic E-state index is 12.8. The summed E-state index contributed by atoms with van der Waals surface area (Å²) in [5.74, 6) is 0.476. The van der Waals surface area contributed by atoms with Crippen LogP contribution < -0.4 is 15.8 Å². The number of hydrogen-bond acceptors (Lipinski definition) is 7. The molecule has 8 heteroatoms. The number of benzene rings is 3. The standard InChI is InChI=1S/C27H24N2O6/c28-17-9-11-21-23(15-17)34-24-16-18(29-26(32)33-14-6-2-1-5-13-30)10-12-22(24)27(21)20-8-4-3-7-19(20)25(31)35-27/h1-4,7-12,15-16,30H,5-6,13-14,28H2,(H,29,32)/b2-1+. The lowest BCUT2D eigenvalue weighted by Gasteiger charge is -2.36. The number of carbonyl (C=O) groups is 2. The zero-order valence-corrected chi connectivity index (χ0v) is 18.8. The molecule has 4 N–H and O–H groups in total. The summed E-state index contributed by atoms with van der Waals surface area (Å²) in [6, 6.07) is 17.7. The molecule has 3 aromatic rings. The third-order valence-corrected chi connectivity index (χ3v) is 5.96. The van der Waals surface area contributed by atoms with E-state index in [9.17, 15) is 9.59 Å². The van der Waals surface area contributed by atoms with Crippen LogP contribution >= 0.6 is 0 Å². The first-order valence-electron chi connectivity index (χ1n) is 11.3. The molecule has 2 heterocycles. The summed E-state index contributed by atoms with van der Waals surface area (Å²) in [4.78, 5) is 25.1. The molecular formula is C27H24N2O6. The molecule has 0 bridgehead atoms. The Bertz CT molecular complexity index is 1330. The fraction of sp³-hybridized carbons (Fsp3) is 0.185. The van der Waals surface area contributed by atoms with Gasteiger partial charge in [0.1, 0.15) is 11.5 Å². The van der Waals surface area contributed by atoms with Gasteiger partial charge in [0.25, 0.3) is 0 Å². The van der Waals surface area contributed by atoms with Crippen LogP contribution in [-0.2, 0) is 15.1 Å². The second-order valence-corrected chi connectivity index (χ2v) is 8.22. The maximum Gasteiger partial charge on any atom is 0.411 e. The van der Waals surface area contributed by atoms with Crippen LogP contribution in [0.15, 0.2) is 72.8 Å². The molecule has 0 fully saturated rings. The van der Waals surface area contributed by atoms with Gasteiger partial charge in [0.2, 0.25) is 0 Å². The van der Waals surface area contributed by atoms with Gasteiger partial charge in [0.15, 0.2) is 5.60 Å². The van der Waals surface area contributed by atoms with Crippen LogP contribution in [0.1, 0.15) is 39.9 Å². The van der Waals surface area contributed by atoms with E-state index >= 15 is 0 Å². The number of nitrogens with two attached hydrogens (primary N) is 1. The molecule has 2 aliphatic rings. The first kappa shape index (κ1) is 22.5. The van der Waals surface area contributed by atoms with Crippen molar-refractivity contribution in [2.75, 3.05) is 24.3 Å². The predicted octanol–water partition coefficient (Wildman–Crippen LogP) is 4.71. The summed E-state index contributed by atoms with van der Waals surface area (Å²) in [6.07, 6.45) is 4.19. The van der Waals surface area contributed by atoms with Crippen LogP contribution in [0.2, 0.25) is 0 Å². The van der Waals surface area contributed by atoms with Crippen molar-refractivity contribution in [2.24, 2.45) is 0 Å². The lowest BCUT2D eigenvalue weighted by Crippen LogP contribution is -2.33. The minimum atomic E-state index is -1.19. The van der Waals surface area contributed by atoms with Gasteiger partial charge in [0, 0.05) is 46.8 Å². The van der Waals surface area contributed by atoms with Gasteiger partial charge in [-0.25, -0.2) is 9.59 Å². The van der Waals surface area contributed by atoms with E-state index in [2.05, 4.69) is 5.32 Å². The Labute approximate surface area is 201 Å². The molecule has 0 aromatic heterocycles. The number of aliphatic hydroxyl groups excluding tert-OH is 1. The third-order valence-electron chi connectivity index (χ3n) is 5.96. The van der Waals surface area contributed by atoms with Crippen molar-refractivity contribution in [3.63, 3.8) is 0 Å². The van der Waals surface area contributed by atoms with Crippen molar-refractivity contribution in [1.82, 2.24) is 0 Å². The Morgan fingerprint density at radius 2 is 1.74 bits per heavy atom. The number of amides is 1. The number of hydrogen-bond donors (Lipinski definition) is 3. The largest absolute Gasteiger partial charge is 0.456 e. The Hall–Kier alpha value is -4.30. The number of anilines is 2. The second kappa shape index (κ2) is 9.15. The second-order valence-electron chi connectivity index (χ2n) is 8.22. The minimum absolute atomic E-state index is 0.0847. The molecule has 35 heavy (non-hydrogen) atoms. The highest BCUT2D eigenvalue weighted by Crippen LogP contribution is 2.56. The molecule has 1 spiro atoms. The average molecular weight is 472 g/mol. The molecule has 8 nitrogen and oxygen atoms in total. The molecule has 178 valence electrons. The normalized spacial score (nSPS) is 17.3. The lowest BCUT2D eigenvalue weighted by atomic mass is 9.77. The maximum absolute atomic E-state index is 12.8. The van der Waals surface area contributed by atoms with E-state index in [1.807, 2.05) is 30.4 Å². The topological polar surface area (TPSA) is 120 Å². The SMILES string of the molecule is Nc1ccc2c(c1)Oc1cc(NC(=O)OCC/C=C/CCO)ccc1C21OC(=O)c2ccccc21. The van der Waals surface area contributed by atoms with E-state index in [0.29, 0.717) is 52.4 Å². The van der Waals surface area contributed by atoms with Crippen molar-refractivity contribution >= 4 is 23.4 Å². The number of nitrogens with one attached hydrogen (secondary N) is 1. The summed E-state index contributed by atoms with van der Waals surface area (Å²) in [7, 11) is 0. The Balaban J connectivity index is 1.46. The van der Waals surface area contributed by atoms with Crippen LogP contribution in [-0.4, -0.2) is 30.4 Å². The van der Waals surface area contributed by atoms with E-state index in [-0.39, 0.29) is 13.2 Å². The molecule has 0 saturated carbocycles. The van der Waals surface area contributed by atoms with E-state index in [0.717, 1.165) is 5.56 Å². The monoisotopic (exact) mass is 472 g/mol. The zero-order valence-electron chi connectivity index (χ0n) is 18.8. The molecule has 1 amide bonds. The van der Waals surface area contributed by atoms with Gasteiger partial charge in [-0.2, -0.15) is 0 Å². The molecule has 3 aromatic carbocycles. The van der Waals surface area contributed by atoms with Crippen molar-refractivity contribution in [2.45, 2.75) is 18.4 Å². The number of rotatable bonds is 6. The first-order valence-corrected chi connectivity index (χ1v) is 11.3. The fourth-order valence-electron chi connectivity index (χ4n) is 4.45. The van der Waals surface area contributed by atoms with Gasteiger partial charge >= 0.3 is 12.1 Å². The Morgan fingerprint density at radius 1 is 1.00 bits per heavy atom. The predicted molar refractivity (Wildman–Crippen MR) is 130 cm³/mol. The summed E-state index contributed by atoms with van der Waals surface area (Å²) < 4.78 is 17.4. The van der Waals surface area contributed by atoms with Gasteiger partial charge < -0.3 is 25.1 Å². The summed E-state index contributed by atoms with van der Waals surface area (Å²) in [5.41, 5.74) is 8.31. The number of carbonyl (C=O) groups excluding carboxylic acids is 2. The average Bonchev–Trinajstić information content (AvgIpc) is 3.14. The van der Waals surface area contributed by atoms with Gasteiger partial charge in [0.05, 0.1) is 12.2 Å². The molecule has 1 unspecified atom stereocenters. The summed E-state index contributed by atoms with van der Waals surface area (Å²) in [5, 5.41) is 11.5. The summed E-state index contributed by atoms with van der Waals surface area (Å²) in [6.45, 7) is 0.291. The van der Waals surface area contributed by atoms with Crippen molar-refractivity contribution < 1.29 is 28.9 Å². The first-order chi connectivity index (χ1) is 17.0. The third kappa shape index (κ3) is 3.98. The highest BCUT2D eigenvalue weighted by Gasteiger charge is 2.53. The molecule has 5 rings (SSSR count). The quantitative estimate of drug-likeness (QED) is 0.206. The van der Waals surface area contributed by atoms with Crippen LogP contribution in [0.4, 0.5) is 16.2 Å². The number of aliphatic hydroxyl groups is 1. The molecule has 2 aliphatic heterocycles. The van der Waals surface area contributed by atoms with E-state index in [1.165, 1.54) is 0 Å². The van der Waals surface area contributed by atoms with Crippen molar-refractivity contribution in [3.8, 4) is 11.5 Å². The number of ether oxygens (including phenoxy) is 3. The zero-order chi connectivity index (χ0) is 24.4. The van der Waals surface area contributed by atoms with Crippen LogP contribution in [0, 0.1) is 0 Å². The lowest BCUT2D eigenvalue weighted by molar-refractivity contribution is 0.0224. The number of fused-ring (bicyclic) bond motifs is 6. The van der Waals surface area contributed by atoms with Crippen molar-refractivity contribution in [3.05, 3.63) is 95.1 Å². The molecular weight excluding hydrogens is 448 g/mol. The Morgan fingerprint density at radius 3 is 2.57 bits per heavy atom. The minimum Gasteiger partial charge on any atom is -0.456 e. The highest BCUT2D eigenvalue weighted by atomic mass is 16.6. The van der Waals surface area contributed by atoms with Gasteiger partial charge in [-0.3, -0.25) is 5.32 Å². The van der Waals surface area contributed by atoms with Crippen LogP contribution in [0.25, 0.3) is 0 Å². The molecule has 1 atom stereocenters. The fourth-order valence-corrected chi connectivity index (χ4v) is 4.45. The highest BCUT2D eigenvalue weighted by molar-refractivity contribution is 5.97. The molecule has 0 saturated heterocycles. The van der Waals surface area contributed by atoms with Gasteiger partial charge in [-0.15, -0.1) is 0 Å². The number of esters is 1.